The Kier molecular flexibility index (Phi) is 3.33. The molecule has 98 valence electrons. The smallest absolute Gasteiger partial charge is 0.250 e. The highest BCUT2D eigenvalue weighted by Gasteiger charge is 2.13. The first-order chi connectivity index (χ1) is 8.97. The number of carbonyl (C=O) groups excluding carboxylic acids is 1. The monoisotopic (exact) mass is 264 g/mol. The number of ether oxygens (including phenoxy) is 1. The van der Waals surface area contributed by atoms with E-state index in [0.29, 0.717) is 0 Å². The molecule has 0 bridgehead atoms. The van der Waals surface area contributed by atoms with Gasteiger partial charge >= 0.3 is 0 Å². The molecule has 4 N–H and O–H groups in total. The third-order valence-electron chi connectivity index (χ3n) is 2.41. The summed E-state index contributed by atoms with van der Waals surface area (Å²) < 4.78 is 31.6. The van der Waals surface area contributed by atoms with Gasteiger partial charge < -0.3 is 16.2 Å². The molecule has 1 amide bonds. The largest absolute Gasteiger partial charge is 0.454 e. The second-order valence-electron chi connectivity index (χ2n) is 3.79. The Morgan fingerprint density at radius 3 is 2.32 bits per heavy atom. The molecule has 0 spiro atoms. The fourth-order valence-electron chi connectivity index (χ4n) is 1.49. The number of hydrogen-bond acceptors (Lipinski definition) is 3. The predicted octanol–water partition coefficient (Wildman–Crippen LogP) is 2.44. The standard InChI is InChI=1S/C13H10F2N2O2/c14-7-1-3-8(4-2-7)19-12-5-9(13(17)18)11(16)6-10(12)15/h1-6H,16H2,(H2,17,18). The maximum absolute atomic E-state index is 13.6. The summed E-state index contributed by atoms with van der Waals surface area (Å²) in [7, 11) is 0. The van der Waals surface area contributed by atoms with Gasteiger partial charge in [-0.15, -0.1) is 0 Å². The molecule has 0 atom stereocenters. The first kappa shape index (κ1) is 12.8. The fraction of sp³-hybridized carbons (Fsp3) is 0. The van der Waals surface area contributed by atoms with E-state index in [2.05, 4.69) is 0 Å². The Balaban J connectivity index is 2.37. The number of primary amides is 1. The maximum Gasteiger partial charge on any atom is 0.250 e. The number of carbonyl (C=O) groups is 1. The molecule has 0 aliphatic carbocycles. The molecule has 0 aliphatic heterocycles. The van der Waals surface area contributed by atoms with E-state index in [1.54, 1.807) is 0 Å². The van der Waals surface area contributed by atoms with Crippen LogP contribution in [0.5, 0.6) is 11.5 Å². The topological polar surface area (TPSA) is 78.3 Å². The number of hydrogen-bond donors (Lipinski definition) is 2. The minimum atomic E-state index is -0.790. The van der Waals surface area contributed by atoms with Crippen molar-refractivity contribution in [2.75, 3.05) is 5.73 Å². The lowest BCUT2D eigenvalue weighted by atomic mass is 10.1. The van der Waals surface area contributed by atoms with Crippen molar-refractivity contribution in [3.8, 4) is 11.5 Å². The zero-order valence-corrected chi connectivity index (χ0v) is 9.69. The number of nitrogen functional groups attached to an aromatic ring is 1. The van der Waals surface area contributed by atoms with Gasteiger partial charge in [0.25, 0.3) is 5.91 Å². The fourth-order valence-corrected chi connectivity index (χ4v) is 1.49. The lowest BCUT2D eigenvalue weighted by Crippen LogP contribution is -2.14. The number of nitrogens with two attached hydrogens (primary N) is 2. The molecule has 2 aromatic carbocycles. The lowest BCUT2D eigenvalue weighted by Gasteiger charge is -2.09. The molecular formula is C13H10F2N2O2. The van der Waals surface area contributed by atoms with E-state index in [1.165, 1.54) is 24.3 Å². The van der Waals surface area contributed by atoms with Crippen LogP contribution < -0.4 is 16.2 Å². The summed E-state index contributed by atoms with van der Waals surface area (Å²) in [6.07, 6.45) is 0. The second kappa shape index (κ2) is 4.93. The van der Waals surface area contributed by atoms with Gasteiger partial charge in [0.2, 0.25) is 0 Å². The zero-order chi connectivity index (χ0) is 14.0. The van der Waals surface area contributed by atoms with Crippen LogP contribution in [0.15, 0.2) is 36.4 Å². The van der Waals surface area contributed by atoms with Crippen LogP contribution in [0, 0.1) is 11.6 Å². The van der Waals surface area contributed by atoms with Crippen molar-refractivity contribution in [3.05, 3.63) is 53.6 Å². The number of rotatable bonds is 3. The van der Waals surface area contributed by atoms with E-state index in [-0.39, 0.29) is 22.7 Å². The highest BCUT2D eigenvalue weighted by molar-refractivity contribution is 5.98. The average Bonchev–Trinajstić information content (AvgIpc) is 2.34. The molecule has 0 fully saturated rings. The summed E-state index contributed by atoms with van der Waals surface area (Å²) in [5.74, 6) is -1.97. The molecule has 0 heterocycles. The van der Waals surface area contributed by atoms with Crippen LogP contribution in [-0.4, -0.2) is 5.91 Å². The molecule has 19 heavy (non-hydrogen) atoms. The molecule has 0 saturated heterocycles. The van der Waals surface area contributed by atoms with Crippen LogP contribution in [0.3, 0.4) is 0 Å². The molecule has 6 heteroatoms. The van der Waals surface area contributed by atoms with Crippen molar-refractivity contribution in [2.24, 2.45) is 5.73 Å². The molecule has 4 nitrogen and oxygen atoms in total. The quantitative estimate of drug-likeness (QED) is 0.836. The number of halogens is 2. The van der Waals surface area contributed by atoms with Gasteiger partial charge in [0, 0.05) is 11.8 Å². The van der Waals surface area contributed by atoms with Crippen LogP contribution >= 0.6 is 0 Å². The van der Waals surface area contributed by atoms with Crippen LogP contribution in [0.1, 0.15) is 10.4 Å². The SMILES string of the molecule is NC(=O)c1cc(Oc2ccc(F)cc2)c(F)cc1N. The van der Waals surface area contributed by atoms with E-state index >= 15 is 0 Å². The van der Waals surface area contributed by atoms with Gasteiger partial charge in [0.05, 0.1) is 5.56 Å². The Morgan fingerprint density at radius 2 is 1.74 bits per heavy atom. The summed E-state index contributed by atoms with van der Waals surface area (Å²) >= 11 is 0. The first-order valence-corrected chi connectivity index (χ1v) is 5.29. The summed E-state index contributed by atoms with van der Waals surface area (Å²) in [5.41, 5.74) is 10.4. The van der Waals surface area contributed by atoms with Gasteiger partial charge in [0.1, 0.15) is 11.6 Å². The highest BCUT2D eigenvalue weighted by Crippen LogP contribution is 2.28. The number of amides is 1. The molecule has 2 rings (SSSR count). The summed E-state index contributed by atoms with van der Waals surface area (Å²) in [6.45, 7) is 0. The molecular weight excluding hydrogens is 254 g/mol. The normalized spacial score (nSPS) is 10.2. The summed E-state index contributed by atoms with van der Waals surface area (Å²) in [4.78, 5) is 11.1. The molecule has 0 aliphatic rings. The van der Waals surface area contributed by atoms with Gasteiger partial charge in [-0.2, -0.15) is 0 Å². The minimum Gasteiger partial charge on any atom is -0.454 e. The molecule has 0 aromatic heterocycles. The molecule has 0 radical (unpaired) electrons. The van der Waals surface area contributed by atoms with Crippen molar-refractivity contribution in [1.29, 1.82) is 0 Å². The van der Waals surface area contributed by atoms with Gasteiger partial charge in [-0.3, -0.25) is 4.79 Å². The van der Waals surface area contributed by atoms with Gasteiger partial charge in [-0.1, -0.05) is 0 Å². The molecule has 0 saturated carbocycles. The predicted molar refractivity (Wildman–Crippen MR) is 65.8 cm³/mol. The van der Waals surface area contributed by atoms with Gasteiger partial charge in [-0.25, -0.2) is 8.78 Å². The summed E-state index contributed by atoms with van der Waals surface area (Å²) in [6, 6.07) is 7.04. The van der Waals surface area contributed by atoms with Crippen LogP contribution in [0.4, 0.5) is 14.5 Å². The van der Waals surface area contributed by atoms with E-state index in [4.69, 9.17) is 16.2 Å². The van der Waals surface area contributed by atoms with Crippen molar-refractivity contribution in [2.45, 2.75) is 0 Å². The maximum atomic E-state index is 13.6. The minimum absolute atomic E-state index is 0.0430. The Labute approximate surface area is 107 Å². The van der Waals surface area contributed by atoms with Crippen molar-refractivity contribution >= 4 is 11.6 Å². The first-order valence-electron chi connectivity index (χ1n) is 5.29. The van der Waals surface area contributed by atoms with E-state index < -0.39 is 17.5 Å². The van der Waals surface area contributed by atoms with E-state index in [9.17, 15) is 13.6 Å². The second-order valence-corrected chi connectivity index (χ2v) is 3.79. The van der Waals surface area contributed by atoms with Crippen molar-refractivity contribution < 1.29 is 18.3 Å². The van der Waals surface area contributed by atoms with Crippen LogP contribution in [0.25, 0.3) is 0 Å². The summed E-state index contributed by atoms with van der Waals surface area (Å²) in [5, 5.41) is 0. The van der Waals surface area contributed by atoms with Gasteiger partial charge in [-0.05, 0) is 30.3 Å². The van der Waals surface area contributed by atoms with Crippen LogP contribution in [0.2, 0.25) is 0 Å². The lowest BCUT2D eigenvalue weighted by molar-refractivity contribution is 0.100. The Bertz CT molecular complexity index is 627. The molecule has 0 unspecified atom stereocenters. The zero-order valence-electron chi connectivity index (χ0n) is 9.69. The average molecular weight is 264 g/mol. The van der Waals surface area contributed by atoms with Crippen molar-refractivity contribution in [3.63, 3.8) is 0 Å². The van der Waals surface area contributed by atoms with Crippen molar-refractivity contribution in [1.82, 2.24) is 0 Å². The third-order valence-corrected chi connectivity index (χ3v) is 2.41. The van der Waals surface area contributed by atoms with Gasteiger partial charge in [0.15, 0.2) is 11.6 Å². The Morgan fingerprint density at radius 1 is 1.11 bits per heavy atom. The molecule has 2 aromatic rings. The van der Waals surface area contributed by atoms with E-state index in [1.807, 2.05) is 0 Å². The van der Waals surface area contributed by atoms with E-state index in [0.717, 1.165) is 12.1 Å². The number of benzene rings is 2. The number of anilines is 1. The highest BCUT2D eigenvalue weighted by atomic mass is 19.1. The van der Waals surface area contributed by atoms with Crippen LogP contribution in [-0.2, 0) is 0 Å². The third kappa shape index (κ3) is 2.79. The Hall–Kier alpha value is -2.63.